The summed E-state index contributed by atoms with van der Waals surface area (Å²) in [5, 5.41) is 0. The summed E-state index contributed by atoms with van der Waals surface area (Å²) in [5.74, 6) is 0. The Morgan fingerprint density at radius 2 is 0.381 bits per heavy atom. The number of aryl methyl sites for hydroxylation is 2. The highest BCUT2D eigenvalue weighted by Crippen LogP contribution is 2.38. The predicted octanol–water partition coefficient (Wildman–Crippen LogP) is 17.1. The third-order valence-electron chi connectivity index (χ3n) is 11.2. The van der Waals surface area contributed by atoms with E-state index >= 15 is 0 Å². The van der Waals surface area contributed by atoms with E-state index in [0.29, 0.717) is 0 Å². The Balaban J connectivity index is 0.895. The molecule has 9 rings (SSSR count). The van der Waals surface area contributed by atoms with Crippen LogP contribution in [0.5, 0.6) is 0 Å². The molecule has 0 N–H and O–H groups in total. The summed E-state index contributed by atoms with van der Waals surface area (Å²) in [6.45, 7) is 4.24. The summed E-state index contributed by atoms with van der Waals surface area (Å²) in [7, 11) is 0. The fraction of sp³-hybridized carbons (Fsp3) is 0.0333. The monoisotopic (exact) mass is 811 g/mol. The topological polar surface area (TPSA) is 9.72 Å². The molecular formula is C60H49N3. The van der Waals surface area contributed by atoms with E-state index in [2.05, 4.69) is 289 Å². The van der Waals surface area contributed by atoms with Crippen molar-refractivity contribution in [3.63, 3.8) is 0 Å². The Morgan fingerprint density at radius 3 is 0.587 bits per heavy atom. The Kier molecular flexibility index (Phi) is 12.2. The van der Waals surface area contributed by atoms with Crippen LogP contribution in [0.15, 0.2) is 237 Å². The van der Waals surface area contributed by atoms with Gasteiger partial charge in [0.1, 0.15) is 0 Å². The lowest BCUT2D eigenvalue weighted by molar-refractivity contribution is 1.27. The molecule has 0 bridgehead atoms. The average Bonchev–Trinajstić information content (AvgIpc) is 3.34. The van der Waals surface area contributed by atoms with Crippen molar-refractivity contribution in [2.24, 2.45) is 0 Å². The smallest absolute Gasteiger partial charge is 0.0462 e. The van der Waals surface area contributed by atoms with E-state index in [4.69, 9.17) is 0 Å². The Morgan fingerprint density at radius 1 is 0.206 bits per heavy atom. The minimum Gasteiger partial charge on any atom is -0.311 e. The summed E-state index contributed by atoms with van der Waals surface area (Å²) < 4.78 is 0. The van der Waals surface area contributed by atoms with Crippen molar-refractivity contribution in [3.05, 3.63) is 270 Å². The van der Waals surface area contributed by atoms with Crippen molar-refractivity contribution in [2.45, 2.75) is 13.8 Å². The number of hydrogen-bond donors (Lipinski definition) is 0. The molecule has 0 spiro atoms. The number of para-hydroxylation sites is 3. The van der Waals surface area contributed by atoms with Gasteiger partial charge in [0.25, 0.3) is 0 Å². The van der Waals surface area contributed by atoms with Crippen LogP contribution in [0.2, 0.25) is 0 Å². The third-order valence-corrected chi connectivity index (χ3v) is 11.2. The van der Waals surface area contributed by atoms with Gasteiger partial charge in [-0.15, -0.1) is 0 Å². The van der Waals surface area contributed by atoms with E-state index in [9.17, 15) is 0 Å². The number of benzene rings is 9. The van der Waals surface area contributed by atoms with Gasteiger partial charge in [-0.05, 0) is 145 Å². The minimum atomic E-state index is 1.10. The number of nitrogens with zero attached hydrogens (tertiary/aromatic N) is 3. The second-order valence-electron chi connectivity index (χ2n) is 15.7. The highest BCUT2D eigenvalue weighted by atomic mass is 15.2. The van der Waals surface area contributed by atoms with E-state index in [1.165, 1.54) is 11.1 Å². The molecule has 0 amide bonds. The van der Waals surface area contributed by atoms with Gasteiger partial charge in [0, 0.05) is 51.2 Å². The first-order valence-electron chi connectivity index (χ1n) is 21.5. The lowest BCUT2D eigenvalue weighted by Crippen LogP contribution is -2.09. The Hall–Kier alpha value is -8.14. The van der Waals surface area contributed by atoms with Crippen LogP contribution in [0.3, 0.4) is 0 Å². The summed E-state index contributed by atoms with van der Waals surface area (Å²) in [6.07, 6.45) is 8.72. The lowest BCUT2D eigenvalue weighted by atomic mass is 10.1. The zero-order valence-corrected chi connectivity index (χ0v) is 35.7. The third kappa shape index (κ3) is 9.75. The molecule has 0 atom stereocenters. The van der Waals surface area contributed by atoms with Crippen LogP contribution >= 0.6 is 0 Å². The van der Waals surface area contributed by atoms with Gasteiger partial charge in [-0.3, -0.25) is 0 Å². The first-order valence-corrected chi connectivity index (χ1v) is 21.5. The lowest BCUT2D eigenvalue weighted by Gasteiger charge is -2.25. The Bertz CT molecular complexity index is 2700. The molecule has 0 saturated carbocycles. The molecule has 0 aliphatic heterocycles. The summed E-state index contributed by atoms with van der Waals surface area (Å²) >= 11 is 0. The van der Waals surface area contributed by atoms with Gasteiger partial charge >= 0.3 is 0 Å². The van der Waals surface area contributed by atoms with E-state index in [-0.39, 0.29) is 0 Å². The van der Waals surface area contributed by atoms with E-state index < -0.39 is 0 Å². The minimum absolute atomic E-state index is 1.10. The highest BCUT2D eigenvalue weighted by Gasteiger charge is 2.15. The molecule has 9 aromatic carbocycles. The van der Waals surface area contributed by atoms with Crippen molar-refractivity contribution >= 4 is 75.5 Å². The molecule has 3 nitrogen and oxygen atoms in total. The number of rotatable bonds is 13. The van der Waals surface area contributed by atoms with Gasteiger partial charge in [-0.25, -0.2) is 0 Å². The van der Waals surface area contributed by atoms with Gasteiger partial charge in [-0.2, -0.15) is 0 Å². The van der Waals surface area contributed by atoms with Gasteiger partial charge in [-0.1, -0.05) is 163 Å². The van der Waals surface area contributed by atoms with Crippen molar-refractivity contribution < 1.29 is 0 Å². The molecule has 3 heteroatoms. The molecule has 0 aliphatic carbocycles. The standard InChI is InChI=1S/C60H49N3/c1-46-18-34-55(35-19-46)61(52-12-6-3-7-13-52)57-38-26-48(27-39-57)22-24-50-30-42-59(43-31-50)63(54-16-10-5-11-17-54)60-44-32-51(33-45-60)25-23-49-28-40-58(41-29-49)62(53-14-8-4-9-15-53)56-36-20-47(2)21-37-56/h3-45H,1-2H3. The zero-order valence-electron chi connectivity index (χ0n) is 35.7. The summed E-state index contributed by atoms with van der Waals surface area (Å²) in [6, 6.07) is 84.0. The largest absolute Gasteiger partial charge is 0.311 e. The molecule has 0 aromatic heterocycles. The number of hydrogen-bond acceptors (Lipinski definition) is 3. The second kappa shape index (κ2) is 19.1. The van der Waals surface area contributed by atoms with Crippen molar-refractivity contribution in [3.8, 4) is 0 Å². The molecule has 0 unspecified atom stereocenters. The van der Waals surface area contributed by atoms with Gasteiger partial charge < -0.3 is 14.7 Å². The quantitative estimate of drug-likeness (QED) is 0.107. The molecular weight excluding hydrogens is 763 g/mol. The van der Waals surface area contributed by atoms with E-state index in [1.807, 2.05) is 0 Å². The molecule has 63 heavy (non-hydrogen) atoms. The van der Waals surface area contributed by atoms with Crippen LogP contribution in [-0.2, 0) is 0 Å². The van der Waals surface area contributed by atoms with E-state index in [1.54, 1.807) is 0 Å². The SMILES string of the molecule is Cc1ccc(N(c2ccccc2)c2ccc(C=Cc3ccc(N(c4ccccc4)c4ccc(C=Cc5ccc(N(c6ccccc6)c6ccc(C)cc6)cc5)cc4)cc3)cc2)cc1. The zero-order chi connectivity index (χ0) is 42.8. The van der Waals surface area contributed by atoms with E-state index in [0.717, 1.165) is 73.4 Å². The predicted molar refractivity (Wildman–Crippen MR) is 271 cm³/mol. The van der Waals surface area contributed by atoms with Crippen LogP contribution in [0.25, 0.3) is 24.3 Å². The van der Waals surface area contributed by atoms with Gasteiger partial charge in [0.2, 0.25) is 0 Å². The van der Waals surface area contributed by atoms with Crippen LogP contribution in [0.4, 0.5) is 51.2 Å². The molecule has 0 aliphatic rings. The maximum Gasteiger partial charge on any atom is 0.0462 e. The molecule has 0 radical (unpaired) electrons. The number of anilines is 9. The van der Waals surface area contributed by atoms with Crippen LogP contribution in [0, 0.1) is 13.8 Å². The summed E-state index contributed by atoms with van der Waals surface area (Å²) in [4.78, 5) is 6.89. The van der Waals surface area contributed by atoms with Crippen LogP contribution < -0.4 is 14.7 Å². The molecule has 9 aromatic rings. The van der Waals surface area contributed by atoms with Crippen molar-refractivity contribution in [2.75, 3.05) is 14.7 Å². The summed E-state index contributed by atoms with van der Waals surface area (Å²) in [5.41, 5.74) is 17.1. The van der Waals surface area contributed by atoms with Gasteiger partial charge in [0.15, 0.2) is 0 Å². The fourth-order valence-electron chi connectivity index (χ4n) is 7.78. The van der Waals surface area contributed by atoms with Gasteiger partial charge in [0.05, 0.1) is 0 Å². The molecule has 0 saturated heterocycles. The second-order valence-corrected chi connectivity index (χ2v) is 15.7. The Labute approximate surface area is 372 Å². The normalized spacial score (nSPS) is 11.2. The van der Waals surface area contributed by atoms with Crippen LogP contribution in [0.1, 0.15) is 33.4 Å². The maximum absolute atomic E-state index is 2.30. The average molecular weight is 812 g/mol. The van der Waals surface area contributed by atoms with Crippen molar-refractivity contribution in [1.29, 1.82) is 0 Å². The molecule has 0 fully saturated rings. The van der Waals surface area contributed by atoms with Crippen molar-refractivity contribution in [1.82, 2.24) is 0 Å². The van der Waals surface area contributed by atoms with Crippen LogP contribution in [-0.4, -0.2) is 0 Å². The molecule has 304 valence electrons. The fourth-order valence-corrected chi connectivity index (χ4v) is 7.78. The molecule has 0 heterocycles. The first-order chi connectivity index (χ1) is 31.0. The first kappa shape index (κ1) is 40.3. The highest BCUT2D eigenvalue weighted by molar-refractivity contribution is 5.82. The maximum atomic E-state index is 2.30.